The average Bonchev–Trinajstić information content (AvgIpc) is 3.54. The molecular weight excluding hydrogens is 1040 g/mol. The van der Waals surface area contributed by atoms with Gasteiger partial charge in [0, 0.05) is 31.0 Å². The zero-order valence-corrected chi connectivity index (χ0v) is 41.7. The second-order valence-corrected chi connectivity index (χ2v) is 18.0. The molecule has 26 heteroatoms. The fourth-order valence-corrected chi connectivity index (χ4v) is 9.07. The molecule has 6 aromatic rings. The number of benzene rings is 6. The summed E-state index contributed by atoms with van der Waals surface area (Å²) in [5.41, 5.74) is -1.58. The van der Waals surface area contributed by atoms with Crippen molar-refractivity contribution in [2.45, 2.75) is 49.5 Å². The Morgan fingerprint density at radius 2 is 1.06 bits per heavy atom. The lowest BCUT2D eigenvalue weighted by atomic mass is 9.98. The van der Waals surface area contributed by atoms with E-state index in [0.717, 1.165) is 44.6 Å². The first-order valence-electron chi connectivity index (χ1n) is 23.8. The SMILES string of the molecule is COC(=O)[C@@H]1Cc2ccc(c([N+](=O)[O-])c2)Oc2cc3cc(c2OC)Oc2ccc(cc2[N+](=O)[O-])C[C@H]2NC(=O)Cc4ccc([N+](=O)[O-])c(c4)Oc4cccc(c4)[C@H](NC2=O)C(=O)N[C@H]3C(=O)N[C@H](c2ccc(OC)cc2)C(=O)N1. The van der Waals surface area contributed by atoms with Crippen LogP contribution < -0.4 is 50.3 Å². The van der Waals surface area contributed by atoms with Gasteiger partial charge in [-0.2, -0.15) is 0 Å². The molecule has 26 nitrogen and oxygen atoms in total. The van der Waals surface area contributed by atoms with Crippen molar-refractivity contribution in [3.8, 4) is 46.0 Å². The van der Waals surface area contributed by atoms with E-state index in [1.807, 2.05) is 0 Å². The summed E-state index contributed by atoms with van der Waals surface area (Å²) in [6.45, 7) is 0. The number of hydrogen-bond acceptors (Lipinski definition) is 18. The third kappa shape index (κ3) is 11.5. The number of amides is 5. The molecule has 0 radical (unpaired) electrons. The summed E-state index contributed by atoms with van der Waals surface area (Å²) >= 11 is 0. The molecule has 13 bridgehead atoms. The van der Waals surface area contributed by atoms with Gasteiger partial charge in [0.05, 0.1) is 42.5 Å². The van der Waals surface area contributed by atoms with E-state index < -0.39 is 133 Å². The van der Waals surface area contributed by atoms with Crippen LogP contribution in [0.3, 0.4) is 0 Å². The zero-order valence-electron chi connectivity index (χ0n) is 41.7. The van der Waals surface area contributed by atoms with Crippen molar-refractivity contribution < 1.29 is 72.0 Å². The summed E-state index contributed by atoms with van der Waals surface area (Å²) in [6, 6.07) is 15.8. The first-order valence-corrected chi connectivity index (χ1v) is 23.8. The third-order valence-electron chi connectivity index (χ3n) is 12.9. The first-order chi connectivity index (χ1) is 37.9. The highest BCUT2D eigenvalue weighted by Gasteiger charge is 2.38. The Labute approximate surface area is 445 Å². The Bertz CT molecular complexity index is 3520. The summed E-state index contributed by atoms with van der Waals surface area (Å²) in [5.74, 6) is -8.22. The van der Waals surface area contributed by atoms with E-state index in [2.05, 4.69) is 26.6 Å². The van der Waals surface area contributed by atoms with E-state index in [9.17, 15) is 49.5 Å². The molecule has 0 saturated heterocycles. The topological polar surface area (TPSA) is 347 Å². The Morgan fingerprint density at radius 3 is 1.65 bits per heavy atom. The van der Waals surface area contributed by atoms with Gasteiger partial charge in [0.25, 0.3) is 0 Å². The normalized spacial score (nSPS) is 19.1. The number of nitro groups is 3. The van der Waals surface area contributed by atoms with E-state index in [1.54, 1.807) is 0 Å². The van der Waals surface area contributed by atoms with Crippen molar-refractivity contribution in [1.29, 1.82) is 0 Å². The molecule has 0 fully saturated rings. The highest BCUT2D eigenvalue weighted by Crippen LogP contribution is 2.47. The van der Waals surface area contributed by atoms with Crippen LogP contribution >= 0.6 is 0 Å². The summed E-state index contributed by atoms with van der Waals surface area (Å²) in [4.78, 5) is 123. The van der Waals surface area contributed by atoms with Crippen molar-refractivity contribution >= 4 is 52.6 Å². The van der Waals surface area contributed by atoms with Crippen molar-refractivity contribution in [1.82, 2.24) is 26.6 Å². The molecule has 0 aromatic heterocycles. The minimum atomic E-state index is -2.05. The summed E-state index contributed by atoms with van der Waals surface area (Å²) in [5, 5.41) is 51.0. The maximum absolute atomic E-state index is 15.4. The summed E-state index contributed by atoms with van der Waals surface area (Å²) < 4.78 is 34.6. The number of ether oxygens (including phenoxy) is 6. The van der Waals surface area contributed by atoms with Crippen molar-refractivity contribution in [2.75, 3.05) is 21.3 Å². The highest BCUT2D eigenvalue weighted by atomic mass is 16.6. The molecule has 5 amide bonds. The van der Waals surface area contributed by atoms with Crippen LogP contribution in [0.2, 0.25) is 0 Å². The van der Waals surface area contributed by atoms with E-state index >= 15 is 9.59 Å². The molecule has 79 heavy (non-hydrogen) atoms. The largest absolute Gasteiger partial charge is 0.497 e. The fraction of sp³-hybridized carbons (Fsp3) is 0.208. The molecule has 0 unspecified atom stereocenters. The van der Waals surface area contributed by atoms with Crippen LogP contribution in [0.25, 0.3) is 0 Å². The van der Waals surface area contributed by atoms with Gasteiger partial charge in [-0.05, 0) is 88.0 Å². The number of carbonyl (C=O) groups is 6. The van der Waals surface area contributed by atoms with Crippen LogP contribution in [0.15, 0.2) is 115 Å². The molecule has 404 valence electrons. The average molecular weight is 1080 g/mol. The molecule has 0 saturated carbocycles. The molecule has 5 heterocycles. The van der Waals surface area contributed by atoms with Crippen LogP contribution in [0.1, 0.15) is 51.5 Å². The summed E-state index contributed by atoms with van der Waals surface area (Å²) in [6.07, 6.45) is -1.27. The quantitative estimate of drug-likeness (QED) is 0.0749. The van der Waals surface area contributed by atoms with Crippen molar-refractivity contribution in [3.05, 3.63) is 179 Å². The minimum Gasteiger partial charge on any atom is -0.497 e. The number of esters is 1. The lowest BCUT2D eigenvalue weighted by molar-refractivity contribution is -0.385. The monoisotopic (exact) mass is 1080 g/mol. The number of methoxy groups -OCH3 is 3. The van der Waals surface area contributed by atoms with E-state index in [1.165, 1.54) is 92.0 Å². The Morgan fingerprint density at radius 1 is 0.506 bits per heavy atom. The lowest BCUT2D eigenvalue weighted by Gasteiger charge is -2.29. The number of rotatable bonds is 7. The second kappa shape index (κ2) is 22.3. The molecule has 0 aliphatic carbocycles. The predicted octanol–water partition coefficient (Wildman–Crippen LogP) is 5.49. The third-order valence-corrected chi connectivity index (χ3v) is 12.9. The lowest BCUT2D eigenvalue weighted by Crippen LogP contribution is -2.53. The zero-order chi connectivity index (χ0) is 56.2. The number of carbonyl (C=O) groups excluding carboxylic acids is 6. The van der Waals surface area contributed by atoms with Gasteiger partial charge in [0.1, 0.15) is 41.7 Å². The van der Waals surface area contributed by atoms with Gasteiger partial charge in [-0.15, -0.1) is 0 Å². The maximum Gasteiger partial charge on any atom is 0.328 e. The summed E-state index contributed by atoms with van der Waals surface area (Å²) in [7, 11) is 3.60. The molecule has 5 aliphatic heterocycles. The second-order valence-electron chi connectivity index (χ2n) is 18.0. The predicted molar refractivity (Wildman–Crippen MR) is 272 cm³/mol. The van der Waals surface area contributed by atoms with Crippen molar-refractivity contribution in [2.24, 2.45) is 0 Å². The van der Waals surface area contributed by atoms with Gasteiger partial charge >= 0.3 is 23.0 Å². The van der Waals surface area contributed by atoms with Crippen molar-refractivity contribution in [3.63, 3.8) is 0 Å². The van der Waals surface area contributed by atoms with E-state index in [4.69, 9.17) is 28.4 Å². The molecule has 5 atom stereocenters. The van der Waals surface area contributed by atoms with Gasteiger partial charge in [-0.3, -0.25) is 54.3 Å². The first kappa shape index (κ1) is 53.2. The fourth-order valence-electron chi connectivity index (χ4n) is 9.07. The molecule has 6 aromatic carbocycles. The van der Waals surface area contributed by atoms with Crippen LogP contribution in [0.4, 0.5) is 17.1 Å². The van der Waals surface area contributed by atoms with Crippen LogP contribution in [0.5, 0.6) is 46.0 Å². The molecule has 0 spiro atoms. The molecule has 11 rings (SSSR count). The molecule has 5 N–H and O–H groups in total. The van der Waals surface area contributed by atoms with Gasteiger partial charge in [-0.25, -0.2) is 4.79 Å². The molecule has 5 aliphatic rings. The minimum absolute atomic E-state index is 0.0538. The van der Waals surface area contributed by atoms with Crippen LogP contribution in [0, 0.1) is 30.3 Å². The highest BCUT2D eigenvalue weighted by molar-refractivity contribution is 5.98. The Hall–Kier alpha value is -10.7. The van der Waals surface area contributed by atoms with Gasteiger partial charge in [0.2, 0.25) is 52.5 Å². The van der Waals surface area contributed by atoms with Crippen LogP contribution in [-0.2, 0) is 52.8 Å². The maximum atomic E-state index is 15.4. The Balaban J connectivity index is 1.30. The number of fused-ring (bicyclic) bond motifs is 15. The van der Waals surface area contributed by atoms with Gasteiger partial charge < -0.3 is 55.0 Å². The smallest absolute Gasteiger partial charge is 0.328 e. The number of nitro benzene ring substituents is 3. The van der Waals surface area contributed by atoms with Gasteiger partial charge in [-0.1, -0.05) is 42.5 Å². The van der Waals surface area contributed by atoms with Crippen LogP contribution in [-0.4, -0.2) is 83.7 Å². The van der Waals surface area contributed by atoms with E-state index in [-0.39, 0.29) is 57.1 Å². The number of hydrogen-bond donors (Lipinski definition) is 5. The van der Waals surface area contributed by atoms with Gasteiger partial charge in [0.15, 0.2) is 11.5 Å². The van der Waals surface area contributed by atoms with E-state index in [0.29, 0.717) is 5.75 Å². The number of nitrogens with one attached hydrogen (secondary N) is 5. The number of nitrogens with zero attached hydrogens (tertiary/aromatic N) is 3. The standard InChI is InChI=1S/C53H44N8O18/c1-74-32-12-10-29(11-13-32)45-50(64)55-35(53(67)76-3)18-27-9-16-40(38(20-27)61(72)73)79-43-25-31-24-42(48(43)75-2)78-39-15-8-26(19-37(39)60(70)71)17-34-49(63)56-46(51(65)58-47(31)52(66)57-45)30-5-4-6-33(23-30)77-41-21-28(22-44(62)54-34)7-14-36(41)59(68)69/h4-16,19-21,23-25,34-35,45-47H,17-18,22H2,1-3H3,(H,54,62)(H,55,64)(H,56,63)(H,57,66)(H,58,65)/t34-,35+,45-,46+,47-/m1/s1. The Kier molecular flexibility index (Phi) is 15.0. The molecular formula is C53H44N8O18.